The third kappa shape index (κ3) is 2.28. The Kier molecular flexibility index (Phi) is 3.37. The highest BCUT2D eigenvalue weighted by atomic mass is 16.5. The molecule has 0 aliphatic rings. The molecule has 0 N–H and O–H groups in total. The second kappa shape index (κ2) is 5.31. The summed E-state index contributed by atoms with van der Waals surface area (Å²) in [7, 11) is 0. The average Bonchev–Trinajstić information content (AvgIpc) is 2.47. The molecule has 0 heterocycles. The van der Waals surface area contributed by atoms with Gasteiger partial charge in [-0.05, 0) is 28.6 Å². The van der Waals surface area contributed by atoms with Gasteiger partial charge in [-0.2, -0.15) is 0 Å². The molecule has 0 atom stereocenters. The highest BCUT2D eigenvalue weighted by Crippen LogP contribution is 2.31. The van der Waals surface area contributed by atoms with Gasteiger partial charge in [0.05, 0.1) is 6.61 Å². The van der Waals surface area contributed by atoms with Crippen LogP contribution in [0.25, 0.3) is 21.5 Å². The topological polar surface area (TPSA) is 9.23 Å². The maximum atomic E-state index is 5.91. The third-order valence-electron chi connectivity index (χ3n) is 3.50. The van der Waals surface area contributed by atoms with Crippen molar-refractivity contribution in [3.05, 3.63) is 54.6 Å². The fourth-order valence-corrected chi connectivity index (χ4v) is 2.46. The summed E-state index contributed by atoms with van der Waals surface area (Å²) >= 11 is 0. The van der Waals surface area contributed by atoms with Crippen LogP contribution in [0.3, 0.4) is 0 Å². The van der Waals surface area contributed by atoms with Crippen molar-refractivity contribution in [2.24, 2.45) is 0 Å². The van der Waals surface area contributed by atoms with Gasteiger partial charge in [-0.15, -0.1) is 0 Å². The molecule has 19 heavy (non-hydrogen) atoms. The van der Waals surface area contributed by atoms with Gasteiger partial charge in [0.15, 0.2) is 0 Å². The zero-order chi connectivity index (χ0) is 13.1. The molecule has 0 radical (unpaired) electrons. The van der Waals surface area contributed by atoms with Crippen LogP contribution in [0.4, 0.5) is 0 Å². The lowest BCUT2D eigenvalue weighted by Crippen LogP contribution is -1.96. The summed E-state index contributed by atoms with van der Waals surface area (Å²) in [5.41, 5.74) is 0. The van der Waals surface area contributed by atoms with Crippen LogP contribution in [-0.4, -0.2) is 6.61 Å². The molecule has 0 unspecified atom stereocenters. The van der Waals surface area contributed by atoms with Crippen LogP contribution in [-0.2, 0) is 0 Å². The summed E-state index contributed by atoms with van der Waals surface area (Å²) in [5, 5.41) is 5.05. The largest absolute Gasteiger partial charge is 0.493 e. The van der Waals surface area contributed by atoms with Crippen LogP contribution in [0, 0.1) is 0 Å². The Morgan fingerprint density at radius 2 is 1.63 bits per heavy atom. The lowest BCUT2D eigenvalue weighted by Gasteiger charge is -2.10. The molecule has 3 aromatic carbocycles. The van der Waals surface area contributed by atoms with Crippen molar-refractivity contribution < 1.29 is 4.74 Å². The summed E-state index contributed by atoms with van der Waals surface area (Å²) in [6.45, 7) is 2.97. The quantitative estimate of drug-likeness (QED) is 0.458. The monoisotopic (exact) mass is 250 g/mol. The van der Waals surface area contributed by atoms with Crippen LogP contribution in [0.5, 0.6) is 5.75 Å². The van der Waals surface area contributed by atoms with Gasteiger partial charge in [-0.1, -0.05) is 61.9 Å². The maximum Gasteiger partial charge on any atom is 0.127 e. The zero-order valence-electron chi connectivity index (χ0n) is 11.2. The van der Waals surface area contributed by atoms with Crippen molar-refractivity contribution in [3.8, 4) is 5.75 Å². The molecule has 0 bridgehead atoms. The normalized spacial score (nSPS) is 11.0. The van der Waals surface area contributed by atoms with E-state index in [0.717, 1.165) is 25.2 Å². The Hall–Kier alpha value is -2.02. The highest BCUT2D eigenvalue weighted by Gasteiger charge is 2.04. The summed E-state index contributed by atoms with van der Waals surface area (Å²) in [4.78, 5) is 0. The summed E-state index contributed by atoms with van der Waals surface area (Å²) in [6.07, 6.45) is 2.26. The number of ether oxygens (including phenoxy) is 1. The standard InChI is InChI=1S/C18H18O/c1-2-3-13-19-18-10-6-9-16-15-8-5-4-7-14(15)11-12-17(16)18/h4-12H,2-3,13H2,1H3. The second-order valence-corrected chi connectivity index (χ2v) is 4.84. The minimum absolute atomic E-state index is 0.794. The van der Waals surface area contributed by atoms with Crippen LogP contribution in [0.2, 0.25) is 0 Å². The molecule has 3 rings (SSSR count). The van der Waals surface area contributed by atoms with E-state index >= 15 is 0 Å². The number of rotatable bonds is 4. The smallest absolute Gasteiger partial charge is 0.127 e. The maximum absolute atomic E-state index is 5.91. The van der Waals surface area contributed by atoms with Crippen molar-refractivity contribution in [2.75, 3.05) is 6.61 Å². The molecular formula is C18H18O. The predicted molar refractivity (Wildman–Crippen MR) is 81.9 cm³/mol. The van der Waals surface area contributed by atoms with Crippen LogP contribution in [0.1, 0.15) is 19.8 Å². The lowest BCUT2D eigenvalue weighted by molar-refractivity contribution is 0.313. The number of hydrogen-bond donors (Lipinski definition) is 0. The number of unbranched alkanes of at least 4 members (excludes halogenated alkanes) is 1. The molecule has 0 saturated heterocycles. The first-order valence-corrected chi connectivity index (χ1v) is 6.93. The third-order valence-corrected chi connectivity index (χ3v) is 3.50. The molecule has 3 aromatic rings. The van der Waals surface area contributed by atoms with Crippen LogP contribution < -0.4 is 4.74 Å². The fourth-order valence-electron chi connectivity index (χ4n) is 2.46. The first-order valence-electron chi connectivity index (χ1n) is 6.93. The molecule has 0 aliphatic carbocycles. The van der Waals surface area contributed by atoms with Gasteiger partial charge in [-0.3, -0.25) is 0 Å². The minimum atomic E-state index is 0.794. The number of fused-ring (bicyclic) bond motifs is 3. The molecule has 0 aromatic heterocycles. The van der Waals surface area contributed by atoms with E-state index in [1.54, 1.807) is 0 Å². The average molecular weight is 250 g/mol. The molecular weight excluding hydrogens is 232 g/mol. The molecule has 96 valence electrons. The van der Waals surface area contributed by atoms with Gasteiger partial charge >= 0.3 is 0 Å². The van der Waals surface area contributed by atoms with E-state index in [4.69, 9.17) is 4.74 Å². The molecule has 0 saturated carbocycles. The lowest BCUT2D eigenvalue weighted by atomic mass is 10.0. The van der Waals surface area contributed by atoms with E-state index in [0.29, 0.717) is 0 Å². The second-order valence-electron chi connectivity index (χ2n) is 4.84. The number of hydrogen-bond acceptors (Lipinski definition) is 1. The van der Waals surface area contributed by atoms with Crippen molar-refractivity contribution >= 4 is 21.5 Å². The van der Waals surface area contributed by atoms with Crippen molar-refractivity contribution in [1.82, 2.24) is 0 Å². The molecule has 1 nitrogen and oxygen atoms in total. The molecule has 0 aliphatic heterocycles. The minimum Gasteiger partial charge on any atom is -0.493 e. The Morgan fingerprint density at radius 1 is 0.789 bits per heavy atom. The Morgan fingerprint density at radius 3 is 2.53 bits per heavy atom. The molecule has 0 fully saturated rings. The summed E-state index contributed by atoms with van der Waals surface area (Å²) in [6, 6.07) is 19.1. The van der Waals surface area contributed by atoms with Crippen molar-refractivity contribution in [3.63, 3.8) is 0 Å². The van der Waals surface area contributed by atoms with Crippen LogP contribution in [0.15, 0.2) is 54.6 Å². The van der Waals surface area contributed by atoms with E-state index in [1.165, 1.54) is 21.5 Å². The SMILES string of the molecule is CCCCOc1cccc2c1ccc1ccccc12. The number of benzene rings is 3. The van der Waals surface area contributed by atoms with Crippen molar-refractivity contribution in [2.45, 2.75) is 19.8 Å². The predicted octanol–water partition coefficient (Wildman–Crippen LogP) is 5.17. The first kappa shape index (κ1) is 12.0. The van der Waals surface area contributed by atoms with E-state index in [2.05, 4.69) is 61.5 Å². The molecule has 0 amide bonds. The van der Waals surface area contributed by atoms with E-state index in [-0.39, 0.29) is 0 Å². The van der Waals surface area contributed by atoms with E-state index in [1.807, 2.05) is 0 Å². The van der Waals surface area contributed by atoms with Gasteiger partial charge in [0, 0.05) is 5.39 Å². The van der Waals surface area contributed by atoms with Crippen molar-refractivity contribution in [1.29, 1.82) is 0 Å². The van der Waals surface area contributed by atoms with Gasteiger partial charge in [0.1, 0.15) is 5.75 Å². The Balaban J connectivity index is 2.12. The van der Waals surface area contributed by atoms with E-state index in [9.17, 15) is 0 Å². The molecule has 0 spiro atoms. The van der Waals surface area contributed by atoms with Gasteiger partial charge in [-0.25, -0.2) is 0 Å². The van der Waals surface area contributed by atoms with Gasteiger partial charge in [0.25, 0.3) is 0 Å². The fraction of sp³-hybridized carbons (Fsp3) is 0.222. The van der Waals surface area contributed by atoms with Gasteiger partial charge < -0.3 is 4.74 Å². The van der Waals surface area contributed by atoms with Crippen LogP contribution >= 0.6 is 0 Å². The Bertz CT molecular complexity index is 700. The highest BCUT2D eigenvalue weighted by molar-refractivity contribution is 6.09. The first-order chi connectivity index (χ1) is 9.40. The van der Waals surface area contributed by atoms with E-state index < -0.39 is 0 Å². The summed E-state index contributed by atoms with van der Waals surface area (Å²) in [5.74, 6) is 0.997. The zero-order valence-corrected chi connectivity index (χ0v) is 11.2. The van der Waals surface area contributed by atoms with Gasteiger partial charge in [0.2, 0.25) is 0 Å². The Labute approximate surface area is 113 Å². The summed E-state index contributed by atoms with van der Waals surface area (Å²) < 4.78 is 5.91. The molecule has 1 heteroatoms.